The van der Waals surface area contributed by atoms with Crippen LogP contribution < -0.4 is 16.3 Å². The van der Waals surface area contributed by atoms with Crippen molar-refractivity contribution in [3.63, 3.8) is 0 Å². The highest BCUT2D eigenvalue weighted by Gasteiger charge is 2.12. The average molecular weight is 215 g/mol. The van der Waals surface area contributed by atoms with Gasteiger partial charge in [0.15, 0.2) is 0 Å². The normalized spacial score (nSPS) is 20.6. The first-order chi connectivity index (χ1) is 6.65. The lowest BCUT2D eigenvalue weighted by molar-refractivity contribution is 0.113. The Bertz CT molecular complexity index is 248. The fourth-order valence-electron chi connectivity index (χ4n) is 1.00. The molecule has 0 aromatic carbocycles. The van der Waals surface area contributed by atoms with Gasteiger partial charge < -0.3 is 0 Å². The van der Waals surface area contributed by atoms with Crippen molar-refractivity contribution in [1.29, 1.82) is 0 Å². The van der Waals surface area contributed by atoms with Gasteiger partial charge >= 0.3 is 0 Å². The zero-order valence-corrected chi connectivity index (χ0v) is 9.77. The molecule has 0 fully saturated rings. The topological polar surface area (TPSA) is 51.7 Å². The van der Waals surface area contributed by atoms with Crippen molar-refractivity contribution in [2.24, 2.45) is 4.99 Å². The summed E-state index contributed by atoms with van der Waals surface area (Å²) in [6, 6.07) is 0.286. The van der Waals surface area contributed by atoms with E-state index in [-0.39, 0.29) is 6.04 Å². The fourth-order valence-corrected chi connectivity index (χ4v) is 1.41. The molecule has 0 saturated carbocycles. The molecule has 0 amide bonds. The molecule has 0 saturated heterocycles. The van der Waals surface area contributed by atoms with Crippen LogP contribution in [0.2, 0.25) is 0 Å². The lowest BCUT2D eigenvalue weighted by atomic mass is 10.4. The Morgan fingerprint density at radius 2 is 2.21 bits per heavy atom. The van der Waals surface area contributed by atoms with Gasteiger partial charge in [-0.2, -0.15) is 0 Å². The van der Waals surface area contributed by atoms with Crippen molar-refractivity contribution in [2.45, 2.75) is 19.9 Å². The predicted octanol–water partition coefficient (Wildman–Crippen LogP) is 0.457. The molecule has 0 spiro atoms. The average Bonchev–Trinajstić information content (AvgIpc) is 2.16. The van der Waals surface area contributed by atoms with Crippen LogP contribution >= 0.6 is 11.8 Å². The molecule has 0 unspecified atom stereocenters. The molecule has 0 aromatic rings. The minimum Gasteiger partial charge on any atom is -0.281 e. The summed E-state index contributed by atoms with van der Waals surface area (Å²) in [6.45, 7) is 4.10. The first-order valence-electron chi connectivity index (χ1n) is 4.50. The van der Waals surface area contributed by atoms with E-state index in [2.05, 4.69) is 21.3 Å². The number of hydrogen-bond donors (Lipinski definition) is 3. The molecule has 0 radical (unpaired) electrons. The van der Waals surface area contributed by atoms with Gasteiger partial charge in [0.25, 0.3) is 0 Å². The van der Waals surface area contributed by atoms with Crippen molar-refractivity contribution in [1.82, 2.24) is 21.5 Å². The van der Waals surface area contributed by atoms with E-state index in [1.54, 1.807) is 17.0 Å². The number of aliphatic imine (C=N–C) groups is 1. The summed E-state index contributed by atoms with van der Waals surface area (Å²) in [5.74, 6) is 0.859. The van der Waals surface area contributed by atoms with Gasteiger partial charge in [-0.1, -0.05) is 5.23 Å². The highest BCUT2D eigenvalue weighted by molar-refractivity contribution is 8.02. The Hall–Kier alpha value is -0.720. The van der Waals surface area contributed by atoms with Crippen LogP contribution in [0.25, 0.3) is 0 Å². The predicted molar refractivity (Wildman–Crippen MR) is 61.3 cm³/mol. The lowest BCUT2D eigenvalue weighted by Gasteiger charge is -2.29. The van der Waals surface area contributed by atoms with Gasteiger partial charge in [-0.15, -0.1) is 11.8 Å². The Kier molecular flexibility index (Phi) is 4.24. The van der Waals surface area contributed by atoms with Gasteiger partial charge in [0.05, 0.1) is 5.03 Å². The minimum atomic E-state index is 0.286. The molecule has 0 atom stereocenters. The molecule has 1 heterocycles. The monoisotopic (exact) mass is 215 g/mol. The third kappa shape index (κ3) is 3.21. The van der Waals surface area contributed by atoms with E-state index in [1.807, 2.05) is 33.2 Å². The molecule has 1 aliphatic heterocycles. The second-order valence-corrected chi connectivity index (χ2v) is 3.95. The van der Waals surface area contributed by atoms with Crippen LogP contribution in [0.4, 0.5) is 0 Å². The number of nitrogens with zero attached hydrogens (tertiary/aromatic N) is 2. The zero-order valence-electron chi connectivity index (χ0n) is 8.96. The van der Waals surface area contributed by atoms with Crippen molar-refractivity contribution in [3.05, 3.63) is 11.1 Å². The van der Waals surface area contributed by atoms with E-state index in [9.17, 15) is 0 Å². The van der Waals surface area contributed by atoms with Gasteiger partial charge in [-0.25, -0.2) is 5.43 Å². The zero-order chi connectivity index (χ0) is 10.6. The smallest absolute Gasteiger partial charge is 0.140 e. The Balaban J connectivity index is 2.76. The molecule has 0 aliphatic carbocycles. The van der Waals surface area contributed by atoms with Crippen LogP contribution in [-0.4, -0.2) is 30.4 Å². The second kappa shape index (κ2) is 5.23. The number of nitrogens with one attached hydrogen (secondary N) is 3. The Labute approximate surface area is 88.9 Å². The number of rotatable bonds is 3. The standard InChI is InChI=1S/C8H17N5S/c1-6(2)10-7-5-8(14-4)12-13(9-3)11-7/h5-6,9,12H,1-4H3,(H,10,11). The number of amidine groups is 1. The maximum atomic E-state index is 4.43. The van der Waals surface area contributed by atoms with E-state index in [4.69, 9.17) is 0 Å². The quantitative estimate of drug-likeness (QED) is 0.638. The van der Waals surface area contributed by atoms with E-state index >= 15 is 0 Å². The Morgan fingerprint density at radius 1 is 1.50 bits per heavy atom. The van der Waals surface area contributed by atoms with Crippen LogP contribution in [-0.2, 0) is 0 Å². The van der Waals surface area contributed by atoms with Gasteiger partial charge in [0, 0.05) is 19.2 Å². The summed E-state index contributed by atoms with van der Waals surface area (Å²) in [5.41, 5.74) is 9.13. The summed E-state index contributed by atoms with van der Waals surface area (Å²) in [7, 11) is 1.83. The summed E-state index contributed by atoms with van der Waals surface area (Å²) >= 11 is 1.64. The third-order valence-corrected chi connectivity index (χ3v) is 2.21. The summed E-state index contributed by atoms with van der Waals surface area (Å²) < 4.78 is 0. The molecule has 80 valence electrons. The maximum Gasteiger partial charge on any atom is 0.140 e. The maximum absolute atomic E-state index is 4.43. The molecule has 1 aliphatic rings. The molecule has 3 N–H and O–H groups in total. The van der Waals surface area contributed by atoms with Gasteiger partial charge in [-0.3, -0.25) is 15.8 Å². The minimum absolute atomic E-state index is 0.286. The van der Waals surface area contributed by atoms with E-state index in [0.29, 0.717) is 0 Å². The summed E-state index contributed by atoms with van der Waals surface area (Å²) in [5, 5.41) is 2.73. The van der Waals surface area contributed by atoms with Crippen LogP contribution in [0.1, 0.15) is 13.8 Å². The summed E-state index contributed by atoms with van der Waals surface area (Å²) in [6.07, 6.45) is 4.00. The van der Waals surface area contributed by atoms with Crippen LogP contribution in [0.15, 0.2) is 16.1 Å². The van der Waals surface area contributed by atoms with Crippen LogP contribution in [0.5, 0.6) is 0 Å². The lowest BCUT2D eigenvalue weighted by Crippen LogP contribution is -2.58. The highest BCUT2D eigenvalue weighted by Crippen LogP contribution is 2.10. The fraction of sp³-hybridized carbons (Fsp3) is 0.625. The molecular formula is C8H17N5S. The molecule has 6 heteroatoms. The first kappa shape index (κ1) is 11.4. The van der Waals surface area contributed by atoms with Crippen molar-refractivity contribution in [3.8, 4) is 0 Å². The molecule has 1 rings (SSSR count). The second-order valence-electron chi connectivity index (χ2n) is 3.10. The first-order valence-corrected chi connectivity index (χ1v) is 5.72. The van der Waals surface area contributed by atoms with Crippen molar-refractivity contribution < 1.29 is 0 Å². The van der Waals surface area contributed by atoms with E-state index in [0.717, 1.165) is 10.9 Å². The van der Waals surface area contributed by atoms with Crippen LogP contribution in [0, 0.1) is 0 Å². The largest absolute Gasteiger partial charge is 0.281 e. The summed E-state index contributed by atoms with van der Waals surface area (Å²) in [4.78, 5) is 4.43. The molecule has 0 bridgehead atoms. The van der Waals surface area contributed by atoms with Gasteiger partial charge in [0.1, 0.15) is 5.84 Å². The molecule has 5 nitrogen and oxygen atoms in total. The molecule has 14 heavy (non-hydrogen) atoms. The number of hydrogen-bond acceptors (Lipinski definition) is 5. The van der Waals surface area contributed by atoms with Gasteiger partial charge in [0.2, 0.25) is 0 Å². The molecular weight excluding hydrogens is 198 g/mol. The highest BCUT2D eigenvalue weighted by atomic mass is 32.2. The van der Waals surface area contributed by atoms with Crippen LogP contribution in [0.3, 0.4) is 0 Å². The number of thioether (sulfide) groups is 1. The van der Waals surface area contributed by atoms with E-state index in [1.165, 1.54) is 0 Å². The van der Waals surface area contributed by atoms with Gasteiger partial charge in [-0.05, 0) is 20.1 Å². The Morgan fingerprint density at radius 3 is 2.71 bits per heavy atom. The van der Waals surface area contributed by atoms with Crippen molar-refractivity contribution >= 4 is 17.6 Å². The molecule has 0 aromatic heterocycles. The SMILES string of the molecule is CNN1NC(SC)=CC(=NC(C)C)N1. The third-order valence-electron chi connectivity index (χ3n) is 1.56. The van der Waals surface area contributed by atoms with E-state index < -0.39 is 0 Å². The van der Waals surface area contributed by atoms with Crippen molar-refractivity contribution in [2.75, 3.05) is 13.3 Å². The number of hydrazine groups is 3.